The fourth-order valence-corrected chi connectivity index (χ4v) is 9.41. The Hall–Kier alpha value is -3.15. The number of aromatic nitrogens is 1. The Kier molecular flexibility index (Phi) is 14.8. The summed E-state index contributed by atoms with van der Waals surface area (Å²) in [7, 11) is 0. The van der Waals surface area contributed by atoms with Gasteiger partial charge in [-0.15, -0.1) is 51.8 Å². The summed E-state index contributed by atoms with van der Waals surface area (Å²) in [5, 5.41) is 16.2. The van der Waals surface area contributed by atoms with Gasteiger partial charge >= 0.3 is 0 Å². The normalized spacial score (nSPS) is 12.6. The molecule has 0 saturated carbocycles. The van der Waals surface area contributed by atoms with E-state index in [4.69, 9.17) is 4.98 Å². The van der Waals surface area contributed by atoms with Crippen LogP contribution in [0.3, 0.4) is 0 Å². The number of benzene rings is 3. The molecule has 0 fully saturated rings. The Labute approximate surface area is 358 Å². The molecule has 3 heterocycles. The number of aliphatic hydroxyl groups is 1. The van der Waals surface area contributed by atoms with Crippen molar-refractivity contribution in [1.29, 1.82) is 0 Å². The molecular weight excluding hydrogens is 903 g/mol. The van der Waals surface area contributed by atoms with Crippen LogP contribution >= 0.6 is 22.7 Å². The molecule has 0 aliphatic heterocycles. The van der Waals surface area contributed by atoms with Crippen LogP contribution in [-0.4, -0.2) is 15.9 Å². The number of ketones is 1. The van der Waals surface area contributed by atoms with Crippen LogP contribution in [0.15, 0.2) is 71.8 Å². The van der Waals surface area contributed by atoms with Crippen molar-refractivity contribution in [2.75, 3.05) is 0 Å². The van der Waals surface area contributed by atoms with Crippen molar-refractivity contribution >= 4 is 59.5 Å². The molecule has 0 bridgehead atoms. The van der Waals surface area contributed by atoms with E-state index < -0.39 is 0 Å². The number of fused-ring (bicyclic) bond motifs is 3. The third-order valence-electron chi connectivity index (χ3n) is 12.1. The molecule has 3 aromatic carbocycles. The van der Waals surface area contributed by atoms with Crippen LogP contribution in [0.5, 0.6) is 0 Å². The first-order chi connectivity index (χ1) is 25.9. The van der Waals surface area contributed by atoms with Crippen LogP contribution in [0.25, 0.3) is 53.5 Å². The molecule has 6 heteroatoms. The Bertz CT molecular complexity index is 2340. The Morgan fingerprint density at radius 2 is 1.52 bits per heavy atom. The number of rotatable bonds is 11. The zero-order valence-electron chi connectivity index (χ0n) is 35.9. The van der Waals surface area contributed by atoms with Gasteiger partial charge in [0.15, 0.2) is 5.78 Å². The number of aryl methyl sites for hydroxylation is 2. The van der Waals surface area contributed by atoms with Crippen molar-refractivity contribution in [2.45, 2.75) is 128 Å². The van der Waals surface area contributed by atoms with Gasteiger partial charge in [-0.3, -0.25) is 9.78 Å². The second-order valence-corrected chi connectivity index (χ2v) is 19.6. The summed E-state index contributed by atoms with van der Waals surface area (Å²) in [6.45, 7) is 28.0. The van der Waals surface area contributed by atoms with Crippen LogP contribution in [0.1, 0.15) is 123 Å². The van der Waals surface area contributed by atoms with Crippen molar-refractivity contribution in [2.24, 2.45) is 16.7 Å². The van der Waals surface area contributed by atoms with Crippen LogP contribution in [0, 0.1) is 36.7 Å². The topological polar surface area (TPSA) is 50.2 Å². The third-order valence-corrected chi connectivity index (χ3v) is 14.3. The first-order valence-corrected chi connectivity index (χ1v) is 21.9. The number of thiophene rings is 2. The van der Waals surface area contributed by atoms with Gasteiger partial charge < -0.3 is 5.11 Å². The summed E-state index contributed by atoms with van der Waals surface area (Å²) in [5.41, 5.74) is 9.19. The SMILES string of the molecule is CCC(C)(CC)C(=O)/C=C(\O)C(C)(CC)CC.Cc1sc2cc(-c3cc(-c4[c-]c5ccccc5c(C(C)(C)C)c4)nc4c(C)csc34)ccc2c1CC(C)C.[Ir]. The van der Waals surface area contributed by atoms with Crippen LogP contribution in [0.2, 0.25) is 0 Å². The van der Waals surface area contributed by atoms with E-state index in [2.05, 4.69) is 115 Å². The molecule has 0 saturated heterocycles. The van der Waals surface area contributed by atoms with E-state index in [9.17, 15) is 9.90 Å². The van der Waals surface area contributed by atoms with E-state index in [1.165, 1.54) is 58.9 Å². The van der Waals surface area contributed by atoms with Gasteiger partial charge in [0, 0.05) is 52.3 Å². The molecule has 3 aromatic heterocycles. The summed E-state index contributed by atoms with van der Waals surface area (Å²) in [6.07, 6.45) is 5.89. The molecule has 0 unspecified atom stereocenters. The fraction of sp³-hybridized carbons (Fsp3) is 0.440. The number of allylic oxidation sites excluding steroid dienone is 2. The first kappa shape index (κ1) is 45.6. The minimum Gasteiger partial charge on any atom is -0.512 e. The number of carbonyl (C=O) groups is 1. The van der Waals surface area contributed by atoms with Gasteiger partial charge in [-0.1, -0.05) is 124 Å². The van der Waals surface area contributed by atoms with Gasteiger partial charge in [0.2, 0.25) is 0 Å². The summed E-state index contributed by atoms with van der Waals surface area (Å²) in [6, 6.07) is 24.0. The molecule has 3 nitrogen and oxygen atoms in total. The number of carbonyl (C=O) groups excluding carboxylic acids is 1. The van der Waals surface area contributed by atoms with Gasteiger partial charge in [0.05, 0.1) is 10.2 Å². The minimum absolute atomic E-state index is 0. The maximum atomic E-state index is 12.2. The minimum atomic E-state index is -0.337. The zero-order chi connectivity index (χ0) is 40.5. The number of pyridine rings is 1. The zero-order valence-corrected chi connectivity index (χ0v) is 39.9. The van der Waals surface area contributed by atoms with Gasteiger partial charge in [-0.05, 0) is 96.4 Å². The van der Waals surface area contributed by atoms with Gasteiger partial charge in [-0.2, -0.15) is 0 Å². The summed E-state index contributed by atoms with van der Waals surface area (Å²) >= 11 is 3.73. The Balaban J connectivity index is 0.000000330. The molecule has 0 atom stereocenters. The number of aliphatic hydroxyl groups excluding tert-OH is 1. The van der Waals surface area contributed by atoms with Crippen molar-refractivity contribution in [3.8, 4) is 22.4 Å². The van der Waals surface area contributed by atoms with Crippen LogP contribution in [0.4, 0.5) is 0 Å². The van der Waals surface area contributed by atoms with Crippen LogP contribution < -0.4 is 0 Å². The average Bonchev–Trinajstić information content (AvgIpc) is 3.69. The first-order valence-electron chi connectivity index (χ1n) is 20.2. The Morgan fingerprint density at radius 3 is 2.12 bits per heavy atom. The average molecular weight is 965 g/mol. The summed E-state index contributed by atoms with van der Waals surface area (Å²) in [4.78, 5) is 18.8. The number of hydrogen-bond donors (Lipinski definition) is 1. The molecule has 6 rings (SSSR count). The number of nitrogens with zero attached hydrogens (tertiary/aromatic N) is 1. The molecular formula is C50H62IrNO2S2-. The predicted molar refractivity (Wildman–Crippen MR) is 242 cm³/mol. The van der Waals surface area contributed by atoms with Crippen molar-refractivity contribution in [3.63, 3.8) is 0 Å². The van der Waals surface area contributed by atoms with Crippen molar-refractivity contribution in [3.05, 3.63) is 99.4 Å². The number of hydrogen-bond acceptors (Lipinski definition) is 5. The smallest absolute Gasteiger partial charge is 0.164 e. The molecule has 1 radical (unpaired) electrons. The molecule has 0 aliphatic carbocycles. The third kappa shape index (κ3) is 9.41. The van der Waals surface area contributed by atoms with E-state index in [0.717, 1.165) is 54.3 Å². The van der Waals surface area contributed by atoms with Gasteiger partial charge in [0.25, 0.3) is 0 Å². The monoisotopic (exact) mass is 965 g/mol. The second-order valence-electron chi connectivity index (χ2n) is 17.4. The van der Waals surface area contributed by atoms with E-state index >= 15 is 0 Å². The molecule has 6 aromatic rings. The van der Waals surface area contributed by atoms with E-state index in [0.29, 0.717) is 5.92 Å². The molecule has 0 aliphatic rings. The maximum Gasteiger partial charge on any atom is 0.164 e. The van der Waals surface area contributed by atoms with Gasteiger partial charge in [0.1, 0.15) is 5.76 Å². The predicted octanol–water partition coefficient (Wildman–Crippen LogP) is 15.6. The standard InChI is InChI=1S/C35H34NS2.C15H28O2.Ir/c1-20(2)14-28-22(4)38-32-17-24(12-13-27(28)32)29-18-31(36-33-21(3)19-37-34(29)33)25-15-23-10-8-9-11-26(23)30(16-25)35(5,6)7;1-7-14(5,8-2)12(16)11-13(17)15(6,9-3)10-4;/h8-13,16-20H,14H2,1-7H3;11,16H,7-10H2,1-6H3;/q-1;;/b;12-11-;. The van der Waals surface area contributed by atoms with Crippen LogP contribution in [-0.2, 0) is 36.7 Å². The van der Waals surface area contributed by atoms with E-state index in [1.807, 2.05) is 52.9 Å². The van der Waals surface area contributed by atoms with Gasteiger partial charge in [-0.25, -0.2) is 0 Å². The summed E-state index contributed by atoms with van der Waals surface area (Å²) in [5.74, 6) is 0.938. The molecule has 0 spiro atoms. The fourth-order valence-electron chi connectivity index (χ4n) is 7.25. The molecule has 56 heavy (non-hydrogen) atoms. The quantitative estimate of drug-likeness (QED) is 0.0800. The van der Waals surface area contributed by atoms with Crippen molar-refractivity contribution < 1.29 is 30.0 Å². The summed E-state index contributed by atoms with van der Waals surface area (Å²) < 4.78 is 2.64. The second kappa shape index (κ2) is 18.2. The Morgan fingerprint density at radius 1 is 0.875 bits per heavy atom. The van der Waals surface area contributed by atoms with E-state index in [-0.39, 0.29) is 47.9 Å². The molecule has 301 valence electrons. The van der Waals surface area contributed by atoms with E-state index in [1.54, 1.807) is 11.3 Å². The largest absolute Gasteiger partial charge is 0.512 e. The molecule has 0 amide bonds. The van der Waals surface area contributed by atoms with Crippen molar-refractivity contribution in [1.82, 2.24) is 4.98 Å². The molecule has 1 N–H and O–H groups in total. The maximum absolute atomic E-state index is 12.2.